The Kier molecular flexibility index (Phi) is 6.35. The van der Waals surface area contributed by atoms with Crippen LogP contribution < -0.4 is 34.7 Å². The summed E-state index contributed by atoms with van der Waals surface area (Å²) in [5.41, 5.74) is 0.855. The van der Waals surface area contributed by atoms with E-state index >= 15 is 0 Å². The molecule has 1 aromatic rings. The molecule has 22 heavy (non-hydrogen) atoms. The second-order valence-electron chi connectivity index (χ2n) is 4.18. The van der Waals surface area contributed by atoms with Crippen LogP contribution >= 0.6 is 11.8 Å². The number of amides is 1. The maximum Gasteiger partial charge on any atom is 1.00 e. The summed E-state index contributed by atoms with van der Waals surface area (Å²) in [7, 11) is 0. The standard InChI is InChI=1S/C11H10N4O4S.Na.H2O/c16-2-1-14-4-6(12-13-14)3-7-9(17)15-8(11(18)19)5-20-10(7)15;;/h3-5,10,16H,1-2H2,(H,18,19);;1H2/q;+1;/p-1/b7-3-;;/t10-;;/m1../s1. The van der Waals surface area contributed by atoms with Gasteiger partial charge in [0.1, 0.15) is 11.1 Å². The molecule has 3 N–H and O–H groups in total. The van der Waals surface area contributed by atoms with Crippen LogP contribution in [-0.4, -0.2) is 54.3 Å². The molecule has 1 atom stereocenters. The molecular formula is C11H11N4NaO5S. The summed E-state index contributed by atoms with van der Waals surface area (Å²) in [5, 5.41) is 28.3. The number of carbonyl (C=O) groups is 2. The number of rotatable bonds is 4. The van der Waals surface area contributed by atoms with E-state index in [4.69, 9.17) is 5.11 Å². The number of nitrogens with zero attached hydrogens (tertiary/aromatic N) is 4. The molecule has 1 amide bonds. The van der Waals surface area contributed by atoms with E-state index in [2.05, 4.69) is 10.3 Å². The SMILES string of the molecule is O.O=C([O-])C1=CS[C@@H]2/C(=C\c3cn(CCO)nn3)C(=O)N12.[Na+]. The van der Waals surface area contributed by atoms with Crippen LogP contribution in [0, 0.1) is 0 Å². The van der Waals surface area contributed by atoms with Crippen LogP contribution in [0.5, 0.6) is 0 Å². The predicted molar refractivity (Wildman–Crippen MR) is 70.0 cm³/mol. The van der Waals surface area contributed by atoms with Gasteiger partial charge in [-0.05, 0) is 11.5 Å². The van der Waals surface area contributed by atoms with E-state index in [1.807, 2.05) is 0 Å². The maximum absolute atomic E-state index is 11.9. The van der Waals surface area contributed by atoms with Gasteiger partial charge in [0.25, 0.3) is 5.91 Å². The molecular weight excluding hydrogens is 323 g/mol. The Morgan fingerprint density at radius 3 is 2.91 bits per heavy atom. The molecule has 1 aromatic heterocycles. The topological polar surface area (TPSA) is 143 Å². The van der Waals surface area contributed by atoms with Crippen LogP contribution in [0.4, 0.5) is 0 Å². The minimum Gasteiger partial charge on any atom is -0.543 e. The molecule has 0 aromatic carbocycles. The first-order chi connectivity index (χ1) is 9.61. The van der Waals surface area contributed by atoms with Crippen molar-refractivity contribution in [3.05, 3.63) is 28.6 Å². The molecule has 0 saturated carbocycles. The molecule has 1 saturated heterocycles. The van der Waals surface area contributed by atoms with Crippen LogP contribution in [0.25, 0.3) is 6.08 Å². The first-order valence-electron chi connectivity index (χ1n) is 5.75. The smallest absolute Gasteiger partial charge is 0.543 e. The number of hydrogen-bond donors (Lipinski definition) is 1. The van der Waals surface area contributed by atoms with E-state index in [0.717, 1.165) is 0 Å². The zero-order valence-electron chi connectivity index (χ0n) is 11.6. The molecule has 0 spiro atoms. The van der Waals surface area contributed by atoms with Crippen LogP contribution in [0.15, 0.2) is 22.9 Å². The summed E-state index contributed by atoms with van der Waals surface area (Å²) in [6, 6.07) is 0. The Labute approximate surface area is 151 Å². The van der Waals surface area contributed by atoms with Crippen molar-refractivity contribution in [1.29, 1.82) is 0 Å². The number of aliphatic hydroxyl groups excluding tert-OH is 1. The summed E-state index contributed by atoms with van der Waals surface area (Å²) in [6.45, 7) is 0.272. The van der Waals surface area contributed by atoms with Crippen molar-refractivity contribution < 1.29 is 54.8 Å². The van der Waals surface area contributed by atoms with E-state index in [9.17, 15) is 14.7 Å². The number of hydrogen-bond acceptors (Lipinski definition) is 7. The van der Waals surface area contributed by atoms with Crippen molar-refractivity contribution in [2.75, 3.05) is 6.61 Å². The van der Waals surface area contributed by atoms with E-state index in [1.54, 1.807) is 12.3 Å². The molecule has 3 heterocycles. The number of β-lactam (4-membered cyclic amide) rings is 1. The van der Waals surface area contributed by atoms with Crippen molar-refractivity contribution >= 4 is 29.7 Å². The third-order valence-corrected chi connectivity index (χ3v) is 4.01. The summed E-state index contributed by atoms with van der Waals surface area (Å²) in [5.74, 6) is -1.73. The number of aromatic nitrogens is 3. The van der Waals surface area contributed by atoms with Crippen molar-refractivity contribution in [2.45, 2.75) is 11.9 Å². The Morgan fingerprint density at radius 1 is 1.55 bits per heavy atom. The maximum atomic E-state index is 11.9. The van der Waals surface area contributed by atoms with Crippen LogP contribution in [0.2, 0.25) is 0 Å². The Balaban J connectivity index is 0.00000121. The second-order valence-corrected chi connectivity index (χ2v) is 5.14. The molecule has 3 rings (SSSR count). The van der Waals surface area contributed by atoms with Gasteiger partial charge in [-0.15, -0.1) is 16.9 Å². The first kappa shape index (κ1) is 18.9. The van der Waals surface area contributed by atoms with Gasteiger partial charge in [0.2, 0.25) is 0 Å². The molecule has 0 aliphatic carbocycles. The van der Waals surface area contributed by atoms with Gasteiger partial charge in [0, 0.05) is 0 Å². The van der Waals surface area contributed by atoms with Crippen molar-refractivity contribution in [3.63, 3.8) is 0 Å². The van der Waals surface area contributed by atoms with Gasteiger partial charge in [-0.3, -0.25) is 9.69 Å². The fraction of sp³-hybridized carbons (Fsp3) is 0.273. The number of thioether (sulfide) groups is 1. The third kappa shape index (κ3) is 3.12. The number of aliphatic hydroxyl groups is 1. The third-order valence-electron chi connectivity index (χ3n) is 2.93. The van der Waals surface area contributed by atoms with Gasteiger partial charge in [0.05, 0.1) is 36.6 Å². The van der Waals surface area contributed by atoms with Crippen LogP contribution in [0.3, 0.4) is 0 Å². The fourth-order valence-electron chi connectivity index (χ4n) is 2.01. The number of carboxylic acid groups (broad SMARTS) is 1. The molecule has 11 heteroatoms. The van der Waals surface area contributed by atoms with Gasteiger partial charge in [-0.25, -0.2) is 4.68 Å². The van der Waals surface area contributed by atoms with E-state index < -0.39 is 5.97 Å². The Bertz CT molecular complexity index is 659. The molecule has 2 aliphatic heterocycles. The zero-order chi connectivity index (χ0) is 14.3. The molecule has 0 bridgehead atoms. The average Bonchev–Trinajstić information content (AvgIpc) is 3.00. The molecule has 0 radical (unpaired) electrons. The molecule has 2 aliphatic rings. The fourth-order valence-corrected chi connectivity index (χ4v) is 3.12. The van der Waals surface area contributed by atoms with E-state index in [0.29, 0.717) is 17.8 Å². The van der Waals surface area contributed by atoms with E-state index in [-0.39, 0.29) is 58.6 Å². The summed E-state index contributed by atoms with van der Waals surface area (Å²) in [4.78, 5) is 23.9. The van der Waals surface area contributed by atoms with E-state index in [1.165, 1.54) is 26.8 Å². The van der Waals surface area contributed by atoms with Gasteiger partial charge < -0.3 is 20.5 Å². The van der Waals surface area contributed by atoms with Crippen LogP contribution in [0.1, 0.15) is 5.69 Å². The molecule has 112 valence electrons. The summed E-state index contributed by atoms with van der Waals surface area (Å²) < 4.78 is 1.46. The van der Waals surface area contributed by atoms with Gasteiger partial charge >= 0.3 is 29.6 Å². The Hall–Kier alpha value is -1.17. The second kappa shape index (κ2) is 7.40. The van der Waals surface area contributed by atoms with Crippen molar-refractivity contribution in [2.24, 2.45) is 0 Å². The summed E-state index contributed by atoms with van der Waals surface area (Å²) >= 11 is 1.24. The van der Waals surface area contributed by atoms with Gasteiger partial charge in [0.15, 0.2) is 0 Å². The zero-order valence-corrected chi connectivity index (χ0v) is 14.4. The number of fused-ring (bicyclic) bond motifs is 1. The average molecular weight is 334 g/mol. The number of carboxylic acids is 1. The minimum absolute atomic E-state index is 0. The minimum atomic E-state index is -1.36. The predicted octanol–water partition coefficient (Wildman–Crippen LogP) is -5.66. The molecule has 0 unspecified atom stereocenters. The number of carbonyl (C=O) groups excluding carboxylic acids is 2. The number of aliphatic carboxylic acids is 1. The normalized spacial score (nSPS) is 20.7. The van der Waals surface area contributed by atoms with Crippen molar-refractivity contribution in [1.82, 2.24) is 19.9 Å². The Morgan fingerprint density at radius 2 is 2.27 bits per heavy atom. The quantitative estimate of drug-likeness (QED) is 0.328. The van der Waals surface area contributed by atoms with Gasteiger partial charge in [-0.1, -0.05) is 5.21 Å². The molecule has 1 fully saturated rings. The largest absolute Gasteiger partial charge is 1.00 e. The van der Waals surface area contributed by atoms with Gasteiger partial charge in [-0.2, -0.15) is 0 Å². The monoisotopic (exact) mass is 334 g/mol. The summed E-state index contributed by atoms with van der Waals surface area (Å²) in [6.07, 6.45) is 3.18. The van der Waals surface area contributed by atoms with Crippen molar-refractivity contribution in [3.8, 4) is 0 Å². The molecule has 9 nitrogen and oxygen atoms in total. The van der Waals surface area contributed by atoms with Crippen LogP contribution in [-0.2, 0) is 16.1 Å². The first-order valence-corrected chi connectivity index (χ1v) is 6.69.